The molecule has 168 valence electrons. The Balaban J connectivity index is 1.53. The van der Waals surface area contributed by atoms with Crippen LogP contribution in [0.15, 0.2) is 36.4 Å². The molecule has 0 unspecified atom stereocenters. The van der Waals surface area contributed by atoms with E-state index in [0.29, 0.717) is 13.5 Å². The van der Waals surface area contributed by atoms with Crippen LogP contribution >= 0.6 is 0 Å². The van der Waals surface area contributed by atoms with Gasteiger partial charge >= 0.3 is 0 Å². The van der Waals surface area contributed by atoms with Gasteiger partial charge in [0.15, 0.2) is 0 Å². The molecule has 0 aromatic heterocycles. The van der Waals surface area contributed by atoms with Crippen LogP contribution < -0.4 is 9.47 Å². The number of fused-ring (bicyclic) bond motifs is 2. The van der Waals surface area contributed by atoms with Crippen LogP contribution in [0.2, 0.25) is 0 Å². The molecule has 4 nitrogen and oxygen atoms in total. The van der Waals surface area contributed by atoms with E-state index in [4.69, 9.17) is 9.47 Å². The summed E-state index contributed by atoms with van der Waals surface area (Å²) in [5.74, 6) is 2.08. The van der Waals surface area contributed by atoms with Crippen LogP contribution in [0.4, 0.5) is 0 Å². The summed E-state index contributed by atoms with van der Waals surface area (Å²) < 4.78 is 12.2. The van der Waals surface area contributed by atoms with E-state index in [2.05, 4.69) is 73.9 Å². The van der Waals surface area contributed by atoms with Gasteiger partial charge in [0.05, 0.1) is 0 Å². The lowest BCUT2D eigenvalue weighted by Crippen LogP contribution is -2.33. The van der Waals surface area contributed by atoms with Gasteiger partial charge in [-0.25, -0.2) is 0 Å². The van der Waals surface area contributed by atoms with Gasteiger partial charge in [-0.3, -0.25) is 9.80 Å². The number of benzene rings is 2. The van der Waals surface area contributed by atoms with Crippen LogP contribution in [-0.4, -0.2) is 36.4 Å². The van der Waals surface area contributed by atoms with E-state index in [1.54, 1.807) is 0 Å². The Morgan fingerprint density at radius 2 is 1.32 bits per heavy atom. The van der Waals surface area contributed by atoms with E-state index in [9.17, 15) is 0 Å². The molecule has 4 heteroatoms. The monoisotopic (exact) mass is 422 g/mol. The molecule has 0 saturated heterocycles. The lowest BCUT2D eigenvalue weighted by atomic mass is 9.77. The normalized spacial score (nSPS) is 16.9. The molecule has 0 radical (unpaired) electrons. The first kappa shape index (κ1) is 22.2. The van der Waals surface area contributed by atoms with Crippen LogP contribution in [0.3, 0.4) is 0 Å². The Morgan fingerprint density at radius 1 is 0.742 bits per heavy atom. The third-order valence-electron chi connectivity index (χ3n) is 6.82. The van der Waals surface area contributed by atoms with E-state index in [-0.39, 0.29) is 5.41 Å². The van der Waals surface area contributed by atoms with Crippen molar-refractivity contribution in [3.8, 4) is 11.5 Å². The van der Waals surface area contributed by atoms with Crippen molar-refractivity contribution in [3.05, 3.63) is 58.7 Å². The van der Waals surface area contributed by atoms with Crippen molar-refractivity contribution in [2.45, 2.75) is 71.9 Å². The highest BCUT2D eigenvalue weighted by Gasteiger charge is 2.28. The maximum atomic E-state index is 6.15. The van der Waals surface area contributed by atoms with E-state index in [1.165, 1.54) is 47.9 Å². The van der Waals surface area contributed by atoms with Gasteiger partial charge in [-0.1, -0.05) is 58.7 Å². The fourth-order valence-electron chi connectivity index (χ4n) is 4.55. The Kier molecular flexibility index (Phi) is 6.88. The van der Waals surface area contributed by atoms with Gasteiger partial charge in [-0.2, -0.15) is 0 Å². The average Bonchev–Trinajstić information content (AvgIpc) is 2.80. The third kappa shape index (κ3) is 4.91. The molecule has 0 N–H and O–H groups in total. The Bertz CT molecular complexity index is 893. The lowest BCUT2D eigenvalue weighted by molar-refractivity contribution is 0.0937. The first-order valence-electron chi connectivity index (χ1n) is 12.0. The number of hydrogen-bond donors (Lipinski definition) is 0. The molecule has 31 heavy (non-hydrogen) atoms. The second kappa shape index (κ2) is 9.62. The second-order valence-corrected chi connectivity index (χ2v) is 9.63. The zero-order valence-corrected chi connectivity index (χ0v) is 19.7. The fraction of sp³-hybridized carbons (Fsp3) is 0.556. The van der Waals surface area contributed by atoms with Crippen LogP contribution in [0.25, 0.3) is 0 Å². The average molecular weight is 423 g/mol. The predicted octanol–water partition coefficient (Wildman–Crippen LogP) is 5.92. The third-order valence-corrected chi connectivity index (χ3v) is 6.82. The van der Waals surface area contributed by atoms with Gasteiger partial charge in [0.2, 0.25) is 0 Å². The summed E-state index contributed by atoms with van der Waals surface area (Å²) in [7, 11) is 0. The molecule has 2 aromatic rings. The van der Waals surface area contributed by atoms with Crippen LogP contribution in [0.5, 0.6) is 11.5 Å². The summed E-state index contributed by atoms with van der Waals surface area (Å²) in [6.45, 7) is 14.7. The standard InChI is InChI=1S/C27H38N2O2/c1-5-7-13-28-17-21-9-10-24(16-26(21)31-20-28)27(3,4)23-11-12-25-22(15-23)18-29(19-30-25)14-8-6-2/h9-12,15-16H,5-8,13-14,17-20H2,1-4H3. The number of nitrogens with zero attached hydrogens (tertiary/aromatic N) is 2. The lowest BCUT2D eigenvalue weighted by Gasteiger charge is -2.33. The molecular formula is C27H38N2O2. The first-order valence-corrected chi connectivity index (χ1v) is 12.0. The van der Waals surface area contributed by atoms with Crippen LogP contribution in [-0.2, 0) is 18.5 Å². The highest BCUT2D eigenvalue weighted by molar-refractivity contribution is 5.48. The minimum Gasteiger partial charge on any atom is -0.478 e. The van der Waals surface area contributed by atoms with Gasteiger partial charge in [0.25, 0.3) is 0 Å². The van der Waals surface area contributed by atoms with E-state index >= 15 is 0 Å². The summed E-state index contributed by atoms with van der Waals surface area (Å²) in [6, 6.07) is 13.5. The Hall–Kier alpha value is -2.04. The molecule has 0 spiro atoms. The predicted molar refractivity (Wildman–Crippen MR) is 127 cm³/mol. The number of ether oxygens (including phenoxy) is 2. The summed E-state index contributed by atoms with van der Waals surface area (Å²) in [6.07, 6.45) is 4.88. The molecule has 0 aliphatic carbocycles. The maximum absolute atomic E-state index is 6.15. The molecule has 2 aromatic carbocycles. The van der Waals surface area contributed by atoms with Crippen molar-refractivity contribution in [1.82, 2.24) is 9.80 Å². The molecule has 2 aliphatic heterocycles. The van der Waals surface area contributed by atoms with Gasteiger partial charge in [-0.05, 0) is 42.2 Å². The summed E-state index contributed by atoms with van der Waals surface area (Å²) >= 11 is 0. The molecule has 0 amide bonds. The van der Waals surface area contributed by atoms with Crippen molar-refractivity contribution < 1.29 is 9.47 Å². The van der Waals surface area contributed by atoms with Crippen molar-refractivity contribution in [3.63, 3.8) is 0 Å². The zero-order chi connectivity index (χ0) is 21.8. The highest BCUT2D eigenvalue weighted by atomic mass is 16.5. The molecule has 2 heterocycles. The van der Waals surface area contributed by atoms with Crippen molar-refractivity contribution >= 4 is 0 Å². The Morgan fingerprint density at radius 3 is 2.00 bits per heavy atom. The minimum absolute atomic E-state index is 0.0987. The van der Waals surface area contributed by atoms with Gasteiger partial charge < -0.3 is 9.47 Å². The molecule has 0 fully saturated rings. The molecule has 0 bridgehead atoms. The second-order valence-electron chi connectivity index (χ2n) is 9.63. The molecule has 0 saturated carbocycles. The smallest absolute Gasteiger partial charge is 0.142 e. The van der Waals surface area contributed by atoms with Crippen molar-refractivity contribution in [1.29, 1.82) is 0 Å². The first-order chi connectivity index (χ1) is 15.0. The maximum Gasteiger partial charge on any atom is 0.142 e. The molecule has 2 aliphatic rings. The molecule has 4 rings (SSSR count). The van der Waals surface area contributed by atoms with Gasteiger partial charge in [-0.15, -0.1) is 0 Å². The topological polar surface area (TPSA) is 24.9 Å². The number of hydrogen-bond acceptors (Lipinski definition) is 4. The van der Waals surface area contributed by atoms with E-state index < -0.39 is 0 Å². The largest absolute Gasteiger partial charge is 0.478 e. The van der Waals surface area contributed by atoms with Gasteiger partial charge in [0.1, 0.15) is 25.0 Å². The molecular weight excluding hydrogens is 384 g/mol. The Labute approximate surface area is 188 Å². The fourth-order valence-corrected chi connectivity index (χ4v) is 4.55. The molecule has 0 atom stereocenters. The van der Waals surface area contributed by atoms with Crippen LogP contribution in [0.1, 0.15) is 75.6 Å². The van der Waals surface area contributed by atoms with Gasteiger partial charge in [0, 0.05) is 42.7 Å². The van der Waals surface area contributed by atoms with E-state index in [1.807, 2.05) is 0 Å². The summed E-state index contributed by atoms with van der Waals surface area (Å²) in [5, 5.41) is 0. The SMILES string of the molecule is CCCCN1COc2ccc(C(C)(C)c3ccc4c(c3)OCN(CCCC)C4)cc2C1. The number of unbranched alkanes of at least 4 members (excludes halogenated alkanes) is 2. The minimum atomic E-state index is -0.0987. The summed E-state index contributed by atoms with van der Waals surface area (Å²) in [4.78, 5) is 4.80. The van der Waals surface area contributed by atoms with Crippen molar-refractivity contribution in [2.24, 2.45) is 0 Å². The quantitative estimate of drug-likeness (QED) is 0.527. The number of rotatable bonds is 8. The highest BCUT2D eigenvalue weighted by Crippen LogP contribution is 2.38. The van der Waals surface area contributed by atoms with Crippen molar-refractivity contribution in [2.75, 3.05) is 26.6 Å². The zero-order valence-electron chi connectivity index (χ0n) is 19.7. The van der Waals surface area contributed by atoms with Crippen LogP contribution in [0, 0.1) is 0 Å². The van der Waals surface area contributed by atoms with E-state index in [0.717, 1.165) is 37.7 Å². The summed E-state index contributed by atoms with van der Waals surface area (Å²) in [5.41, 5.74) is 5.12.